The van der Waals surface area contributed by atoms with Crippen LogP contribution in [-0.2, 0) is 0 Å². The smallest absolute Gasteiger partial charge is 0.258 e. The first kappa shape index (κ1) is 16.6. The quantitative estimate of drug-likeness (QED) is 0.607. The maximum atomic E-state index is 5.53. The number of aromatic nitrogens is 2. The van der Waals surface area contributed by atoms with Crippen molar-refractivity contribution in [2.24, 2.45) is 0 Å². The van der Waals surface area contributed by atoms with Crippen molar-refractivity contribution in [3.8, 4) is 40.1 Å². The second kappa shape index (κ2) is 7.53. The van der Waals surface area contributed by atoms with Crippen molar-refractivity contribution in [3.63, 3.8) is 0 Å². The molecule has 2 aromatic carbocycles. The van der Waals surface area contributed by atoms with E-state index in [1.54, 1.807) is 32.4 Å². The highest BCUT2D eigenvalue weighted by Crippen LogP contribution is 2.32. The van der Waals surface area contributed by atoms with Gasteiger partial charge in [0.15, 0.2) is 11.5 Å². The molecule has 6 nitrogen and oxygen atoms in total. The molecule has 0 radical (unpaired) electrons. The van der Waals surface area contributed by atoms with E-state index in [1.165, 1.54) is 0 Å². The molecule has 0 aliphatic carbocycles. The lowest BCUT2D eigenvalue weighted by atomic mass is 10.2. The highest BCUT2D eigenvalue weighted by Gasteiger charge is 2.13. The van der Waals surface area contributed by atoms with Crippen molar-refractivity contribution in [3.05, 3.63) is 55.1 Å². The maximum Gasteiger partial charge on any atom is 0.258 e. The second-order valence-corrected chi connectivity index (χ2v) is 5.12. The summed E-state index contributed by atoms with van der Waals surface area (Å²) < 4.78 is 21.5. The van der Waals surface area contributed by atoms with Crippen LogP contribution < -0.4 is 14.2 Å². The summed E-state index contributed by atoms with van der Waals surface area (Å²) in [4.78, 5) is 4.45. The summed E-state index contributed by atoms with van der Waals surface area (Å²) in [6.45, 7) is 4.07. The molecule has 0 unspecified atom stereocenters. The molecule has 128 valence electrons. The van der Waals surface area contributed by atoms with E-state index >= 15 is 0 Å². The SMILES string of the molecule is C=CCOc1cccc(-c2nc(-c3ccc(OC)c(OC)c3)no2)c1. The van der Waals surface area contributed by atoms with E-state index in [9.17, 15) is 0 Å². The van der Waals surface area contributed by atoms with Crippen molar-refractivity contribution in [1.82, 2.24) is 10.1 Å². The van der Waals surface area contributed by atoms with E-state index in [-0.39, 0.29) is 0 Å². The molecular formula is C19H18N2O4. The molecule has 0 bridgehead atoms. The van der Waals surface area contributed by atoms with Gasteiger partial charge in [-0.1, -0.05) is 23.9 Å². The van der Waals surface area contributed by atoms with Gasteiger partial charge in [-0.25, -0.2) is 0 Å². The predicted octanol–water partition coefficient (Wildman–Crippen LogP) is 3.99. The molecule has 0 saturated carbocycles. The summed E-state index contributed by atoms with van der Waals surface area (Å²) >= 11 is 0. The molecule has 0 aliphatic rings. The Labute approximate surface area is 145 Å². The monoisotopic (exact) mass is 338 g/mol. The summed E-state index contributed by atoms with van der Waals surface area (Å²) in [6, 6.07) is 12.9. The summed E-state index contributed by atoms with van der Waals surface area (Å²) in [5.41, 5.74) is 1.55. The summed E-state index contributed by atoms with van der Waals surface area (Å²) in [7, 11) is 3.17. The van der Waals surface area contributed by atoms with Crippen LogP contribution in [0.15, 0.2) is 59.6 Å². The molecule has 0 amide bonds. The Morgan fingerprint density at radius 2 is 1.88 bits per heavy atom. The molecule has 1 heterocycles. The van der Waals surface area contributed by atoms with Gasteiger partial charge in [-0.3, -0.25) is 0 Å². The predicted molar refractivity (Wildman–Crippen MR) is 94.0 cm³/mol. The lowest BCUT2D eigenvalue weighted by Gasteiger charge is -2.07. The van der Waals surface area contributed by atoms with Gasteiger partial charge in [0.1, 0.15) is 12.4 Å². The summed E-state index contributed by atoms with van der Waals surface area (Å²) in [5.74, 6) is 2.83. The molecule has 0 fully saturated rings. The minimum atomic E-state index is 0.411. The van der Waals surface area contributed by atoms with E-state index < -0.39 is 0 Å². The van der Waals surface area contributed by atoms with Crippen LogP contribution in [0.2, 0.25) is 0 Å². The fourth-order valence-electron chi connectivity index (χ4n) is 2.31. The molecule has 0 spiro atoms. The van der Waals surface area contributed by atoms with Crippen LogP contribution in [0, 0.1) is 0 Å². The zero-order valence-electron chi connectivity index (χ0n) is 14.1. The molecule has 0 saturated heterocycles. The molecule has 6 heteroatoms. The summed E-state index contributed by atoms with van der Waals surface area (Å²) in [6.07, 6.45) is 1.69. The Morgan fingerprint density at radius 3 is 2.64 bits per heavy atom. The topological polar surface area (TPSA) is 66.6 Å². The first-order valence-corrected chi connectivity index (χ1v) is 7.65. The lowest BCUT2D eigenvalue weighted by molar-refractivity contribution is 0.355. The van der Waals surface area contributed by atoms with E-state index in [0.29, 0.717) is 35.6 Å². The van der Waals surface area contributed by atoms with E-state index in [0.717, 1.165) is 11.1 Å². The minimum Gasteiger partial charge on any atom is -0.493 e. The largest absolute Gasteiger partial charge is 0.493 e. The second-order valence-electron chi connectivity index (χ2n) is 5.12. The van der Waals surface area contributed by atoms with Crippen LogP contribution in [0.5, 0.6) is 17.2 Å². The minimum absolute atomic E-state index is 0.411. The fourth-order valence-corrected chi connectivity index (χ4v) is 2.31. The zero-order chi connectivity index (χ0) is 17.6. The van der Waals surface area contributed by atoms with Crippen LogP contribution in [0.4, 0.5) is 0 Å². The third-order valence-corrected chi connectivity index (χ3v) is 3.52. The van der Waals surface area contributed by atoms with Crippen molar-refractivity contribution < 1.29 is 18.7 Å². The molecule has 25 heavy (non-hydrogen) atoms. The van der Waals surface area contributed by atoms with Crippen LogP contribution in [0.25, 0.3) is 22.8 Å². The lowest BCUT2D eigenvalue weighted by Crippen LogP contribution is -1.92. The van der Waals surface area contributed by atoms with Gasteiger partial charge in [0, 0.05) is 11.1 Å². The first-order valence-electron chi connectivity index (χ1n) is 7.65. The molecule has 3 aromatic rings. The highest BCUT2D eigenvalue weighted by molar-refractivity contribution is 5.64. The number of benzene rings is 2. The van der Waals surface area contributed by atoms with Gasteiger partial charge in [0.25, 0.3) is 5.89 Å². The van der Waals surface area contributed by atoms with Crippen molar-refractivity contribution >= 4 is 0 Å². The van der Waals surface area contributed by atoms with E-state index in [1.807, 2.05) is 30.3 Å². The van der Waals surface area contributed by atoms with Crippen molar-refractivity contribution in [2.75, 3.05) is 20.8 Å². The maximum absolute atomic E-state index is 5.53. The van der Waals surface area contributed by atoms with Gasteiger partial charge < -0.3 is 18.7 Å². The van der Waals surface area contributed by atoms with Gasteiger partial charge in [0.2, 0.25) is 5.82 Å². The molecule has 1 aromatic heterocycles. The molecule has 3 rings (SSSR count). The van der Waals surface area contributed by atoms with Gasteiger partial charge in [0.05, 0.1) is 14.2 Å². The number of nitrogens with zero attached hydrogens (tertiary/aromatic N) is 2. The number of hydrogen-bond acceptors (Lipinski definition) is 6. The van der Waals surface area contributed by atoms with Crippen molar-refractivity contribution in [2.45, 2.75) is 0 Å². The summed E-state index contributed by atoms with van der Waals surface area (Å²) in [5, 5.41) is 4.05. The van der Waals surface area contributed by atoms with E-state index in [2.05, 4.69) is 16.7 Å². The van der Waals surface area contributed by atoms with Crippen molar-refractivity contribution in [1.29, 1.82) is 0 Å². The van der Waals surface area contributed by atoms with Crippen LogP contribution in [0.1, 0.15) is 0 Å². The first-order chi connectivity index (χ1) is 12.2. The number of methoxy groups -OCH3 is 2. The number of hydrogen-bond donors (Lipinski definition) is 0. The molecule has 0 aliphatic heterocycles. The fraction of sp³-hybridized carbons (Fsp3) is 0.158. The Hall–Kier alpha value is -3.28. The third kappa shape index (κ3) is 3.63. The van der Waals surface area contributed by atoms with E-state index in [4.69, 9.17) is 18.7 Å². The van der Waals surface area contributed by atoms with Gasteiger partial charge in [-0.15, -0.1) is 0 Å². The molecule has 0 atom stereocenters. The molecule has 0 N–H and O–H groups in total. The Kier molecular flexibility index (Phi) is 4.99. The van der Waals surface area contributed by atoms with Crippen LogP contribution in [-0.4, -0.2) is 31.0 Å². The van der Waals surface area contributed by atoms with Gasteiger partial charge >= 0.3 is 0 Å². The Bertz CT molecular complexity index is 873. The van der Waals surface area contributed by atoms with Gasteiger partial charge in [-0.05, 0) is 36.4 Å². The standard InChI is InChI=1S/C19H18N2O4/c1-4-10-24-15-7-5-6-14(11-15)19-20-18(21-25-19)13-8-9-16(22-2)17(12-13)23-3/h4-9,11-12H,1,10H2,2-3H3. The Morgan fingerprint density at radius 1 is 1.04 bits per heavy atom. The number of ether oxygens (including phenoxy) is 3. The van der Waals surface area contributed by atoms with Crippen LogP contribution >= 0.6 is 0 Å². The van der Waals surface area contributed by atoms with Crippen LogP contribution in [0.3, 0.4) is 0 Å². The zero-order valence-corrected chi connectivity index (χ0v) is 14.1. The van der Waals surface area contributed by atoms with Gasteiger partial charge in [-0.2, -0.15) is 4.98 Å². The normalized spacial score (nSPS) is 10.3. The number of rotatable bonds is 7. The Balaban J connectivity index is 1.89. The molecular weight excluding hydrogens is 320 g/mol. The highest BCUT2D eigenvalue weighted by atomic mass is 16.5. The third-order valence-electron chi connectivity index (χ3n) is 3.52. The average molecular weight is 338 g/mol. The average Bonchev–Trinajstić information content (AvgIpc) is 3.16.